The number of para-hydroxylation sites is 1. The van der Waals surface area contributed by atoms with Gasteiger partial charge in [-0.05, 0) is 61.4 Å². The number of sulfonamides is 1. The van der Waals surface area contributed by atoms with Gasteiger partial charge in [0.15, 0.2) is 6.61 Å². The molecule has 0 saturated carbocycles. The number of carbonyl (C=O) groups is 1. The Labute approximate surface area is 182 Å². The molecule has 0 fully saturated rings. The van der Waals surface area contributed by atoms with Crippen LogP contribution in [0.25, 0.3) is 0 Å². The largest absolute Gasteiger partial charge is 0.484 e. The number of rotatable bonds is 6. The first-order valence-corrected chi connectivity index (χ1v) is 11.5. The van der Waals surface area contributed by atoms with Crippen molar-refractivity contribution in [1.82, 2.24) is 0 Å². The van der Waals surface area contributed by atoms with E-state index in [9.17, 15) is 13.2 Å². The summed E-state index contributed by atoms with van der Waals surface area (Å²) < 4.78 is 32.4. The second-order valence-electron chi connectivity index (χ2n) is 7.51. The molecule has 1 heterocycles. The maximum absolute atomic E-state index is 12.8. The molecule has 7 heteroatoms. The first-order chi connectivity index (χ1) is 14.9. The summed E-state index contributed by atoms with van der Waals surface area (Å²) in [5.41, 5.74) is 2.60. The lowest BCUT2D eigenvalue weighted by Gasteiger charge is -2.23. The monoisotopic (exact) mass is 436 g/mol. The van der Waals surface area contributed by atoms with E-state index in [1.165, 1.54) is 11.4 Å². The van der Waals surface area contributed by atoms with Crippen LogP contribution in [0.2, 0.25) is 0 Å². The van der Waals surface area contributed by atoms with Crippen LogP contribution in [0.4, 0.5) is 11.4 Å². The van der Waals surface area contributed by atoms with Gasteiger partial charge in [-0.1, -0.05) is 36.4 Å². The Morgan fingerprint density at radius 1 is 1.00 bits per heavy atom. The van der Waals surface area contributed by atoms with Crippen molar-refractivity contribution in [2.24, 2.45) is 0 Å². The summed E-state index contributed by atoms with van der Waals surface area (Å²) in [4.78, 5) is 14.8. The molecular weight excluding hydrogens is 412 g/mol. The molecule has 0 radical (unpaired) electrons. The fourth-order valence-electron chi connectivity index (χ4n) is 3.80. The van der Waals surface area contributed by atoms with E-state index in [1.54, 1.807) is 59.5 Å². The minimum absolute atomic E-state index is 0.0871. The van der Waals surface area contributed by atoms with Crippen molar-refractivity contribution in [1.29, 1.82) is 0 Å². The molecule has 3 aromatic rings. The second-order valence-corrected chi connectivity index (χ2v) is 9.48. The van der Waals surface area contributed by atoms with E-state index in [0.717, 1.165) is 17.7 Å². The van der Waals surface area contributed by atoms with Gasteiger partial charge >= 0.3 is 0 Å². The molecule has 0 aliphatic carbocycles. The summed E-state index contributed by atoms with van der Waals surface area (Å²) in [6.45, 7) is 1.94. The predicted molar refractivity (Wildman–Crippen MR) is 121 cm³/mol. The van der Waals surface area contributed by atoms with Crippen LogP contribution in [0.1, 0.15) is 12.5 Å². The highest BCUT2D eigenvalue weighted by Crippen LogP contribution is 2.32. The van der Waals surface area contributed by atoms with E-state index >= 15 is 0 Å². The first-order valence-electron chi connectivity index (χ1n) is 10.0. The summed E-state index contributed by atoms with van der Waals surface area (Å²) >= 11 is 0. The van der Waals surface area contributed by atoms with E-state index < -0.39 is 10.0 Å². The van der Waals surface area contributed by atoms with Crippen LogP contribution in [0.3, 0.4) is 0 Å². The van der Waals surface area contributed by atoms with Gasteiger partial charge in [0.2, 0.25) is 0 Å². The van der Waals surface area contributed by atoms with E-state index in [4.69, 9.17) is 4.74 Å². The van der Waals surface area contributed by atoms with Crippen LogP contribution < -0.4 is 13.9 Å². The number of nitrogens with zero attached hydrogens (tertiary/aromatic N) is 2. The molecule has 0 aromatic heterocycles. The van der Waals surface area contributed by atoms with Crippen molar-refractivity contribution in [2.45, 2.75) is 24.3 Å². The predicted octanol–water partition coefficient (Wildman–Crippen LogP) is 3.87. The van der Waals surface area contributed by atoms with Crippen molar-refractivity contribution in [2.75, 3.05) is 22.9 Å². The van der Waals surface area contributed by atoms with Gasteiger partial charge in [-0.2, -0.15) is 0 Å². The zero-order valence-electron chi connectivity index (χ0n) is 17.4. The molecule has 1 aliphatic rings. The average Bonchev–Trinajstić information content (AvgIpc) is 3.13. The molecule has 31 heavy (non-hydrogen) atoms. The van der Waals surface area contributed by atoms with Crippen molar-refractivity contribution >= 4 is 27.3 Å². The molecule has 3 aromatic carbocycles. The Kier molecular flexibility index (Phi) is 5.69. The highest BCUT2D eigenvalue weighted by Gasteiger charge is 2.30. The van der Waals surface area contributed by atoms with Crippen molar-refractivity contribution in [3.63, 3.8) is 0 Å². The first kappa shape index (κ1) is 20.9. The van der Waals surface area contributed by atoms with Crippen molar-refractivity contribution in [3.8, 4) is 5.75 Å². The smallest absolute Gasteiger partial charge is 0.265 e. The molecule has 0 saturated heterocycles. The highest BCUT2D eigenvalue weighted by molar-refractivity contribution is 7.92. The normalized spacial score (nSPS) is 15.4. The Hall–Kier alpha value is -3.32. The zero-order valence-corrected chi connectivity index (χ0v) is 18.2. The Morgan fingerprint density at radius 2 is 1.65 bits per heavy atom. The van der Waals surface area contributed by atoms with Gasteiger partial charge in [0.25, 0.3) is 15.9 Å². The number of ether oxygens (including phenoxy) is 1. The van der Waals surface area contributed by atoms with Crippen LogP contribution in [0, 0.1) is 0 Å². The summed E-state index contributed by atoms with van der Waals surface area (Å²) in [7, 11) is -2.14. The SMILES string of the molecule is C[C@H]1Cc2ccccc2N1C(=O)COc1ccc(N(C)S(=O)(=O)c2ccccc2)cc1. The number of fused-ring (bicyclic) bond motifs is 1. The molecule has 0 bridgehead atoms. The molecule has 0 N–H and O–H groups in total. The third kappa shape index (κ3) is 4.14. The van der Waals surface area contributed by atoms with Gasteiger partial charge in [-0.15, -0.1) is 0 Å². The van der Waals surface area contributed by atoms with E-state index in [1.807, 2.05) is 31.2 Å². The Bertz CT molecular complexity index is 1180. The summed E-state index contributed by atoms with van der Waals surface area (Å²) in [6.07, 6.45) is 0.832. The third-order valence-electron chi connectivity index (χ3n) is 5.44. The number of anilines is 2. The lowest BCUT2D eigenvalue weighted by molar-refractivity contribution is -0.120. The fraction of sp³-hybridized carbons (Fsp3) is 0.208. The molecule has 1 amide bonds. The van der Waals surface area contributed by atoms with Gasteiger partial charge in [-0.3, -0.25) is 9.10 Å². The highest BCUT2D eigenvalue weighted by atomic mass is 32.2. The van der Waals surface area contributed by atoms with Crippen molar-refractivity contribution in [3.05, 3.63) is 84.4 Å². The molecule has 1 aliphatic heterocycles. The van der Waals surface area contributed by atoms with E-state index in [-0.39, 0.29) is 23.5 Å². The lowest BCUT2D eigenvalue weighted by Crippen LogP contribution is -2.39. The van der Waals surface area contributed by atoms with E-state index in [2.05, 4.69) is 0 Å². The van der Waals surface area contributed by atoms with Crippen LogP contribution >= 0.6 is 0 Å². The number of hydrogen-bond acceptors (Lipinski definition) is 4. The zero-order chi connectivity index (χ0) is 22.0. The quantitative estimate of drug-likeness (QED) is 0.588. The molecule has 4 rings (SSSR count). The van der Waals surface area contributed by atoms with Crippen LogP contribution in [-0.2, 0) is 21.2 Å². The van der Waals surface area contributed by atoms with Gasteiger partial charge < -0.3 is 9.64 Å². The summed E-state index contributed by atoms with van der Waals surface area (Å²) in [5.74, 6) is 0.396. The Morgan fingerprint density at radius 3 is 2.35 bits per heavy atom. The molecule has 160 valence electrons. The molecule has 6 nitrogen and oxygen atoms in total. The van der Waals surface area contributed by atoms with Crippen LogP contribution in [-0.4, -0.2) is 34.0 Å². The summed E-state index contributed by atoms with van der Waals surface area (Å²) in [5, 5.41) is 0. The maximum atomic E-state index is 12.8. The molecule has 0 spiro atoms. The minimum atomic E-state index is -3.64. The topological polar surface area (TPSA) is 66.9 Å². The Balaban J connectivity index is 1.42. The standard InChI is InChI=1S/C24H24N2O4S/c1-18-16-19-8-6-7-11-23(19)26(18)24(27)17-30-21-14-12-20(13-15-21)25(2)31(28,29)22-9-4-3-5-10-22/h3-15,18H,16-17H2,1-2H3/t18-/m0/s1. The summed E-state index contributed by atoms with van der Waals surface area (Å²) in [6, 6.07) is 22.9. The van der Waals surface area contributed by atoms with E-state index in [0.29, 0.717) is 11.4 Å². The van der Waals surface area contributed by atoms with Gasteiger partial charge in [-0.25, -0.2) is 8.42 Å². The number of amides is 1. The molecule has 1 atom stereocenters. The molecule has 0 unspecified atom stereocenters. The number of carbonyl (C=O) groups excluding carboxylic acids is 1. The number of benzene rings is 3. The lowest BCUT2D eigenvalue weighted by atomic mass is 10.1. The van der Waals surface area contributed by atoms with Crippen molar-refractivity contribution < 1.29 is 17.9 Å². The van der Waals surface area contributed by atoms with Gasteiger partial charge in [0.1, 0.15) is 5.75 Å². The fourth-order valence-corrected chi connectivity index (χ4v) is 5.02. The maximum Gasteiger partial charge on any atom is 0.265 e. The molecular formula is C24H24N2O4S. The van der Waals surface area contributed by atoms with Crippen LogP contribution in [0.5, 0.6) is 5.75 Å². The minimum Gasteiger partial charge on any atom is -0.484 e. The number of hydrogen-bond donors (Lipinski definition) is 0. The van der Waals surface area contributed by atoms with Gasteiger partial charge in [0, 0.05) is 18.8 Å². The average molecular weight is 437 g/mol. The second kappa shape index (κ2) is 8.43. The van der Waals surface area contributed by atoms with Gasteiger partial charge in [0.05, 0.1) is 10.6 Å². The van der Waals surface area contributed by atoms with Crippen LogP contribution in [0.15, 0.2) is 83.8 Å². The third-order valence-corrected chi connectivity index (χ3v) is 7.24.